The lowest BCUT2D eigenvalue weighted by Gasteiger charge is -2.09. The number of hydrogen-bond acceptors (Lipinski definition) is 3. The Kier molecular flexibility index (Phi) is 6.29. The Morgan fingerprint density at radius 1 is 1.30 bits per heavy atom. The molecule has 0 fully saturated rings. The average Bonchev–Trinajstić information content (AvgIpc) is 2.44. The van der Waals surface area contributed by atoms with E-state index < -0.39 is 17.9 Å². The molecule has 0 aliphatic carbocycles. The van der Waals surface area contributed by atoms with Crippen molar-refractivity contribution in [2.45, 2.75) is 26.3 Å². The molecule has 1 aromatic carbocycles. The zero-order valence-electron chi connectivity index (χ0n) is 11.6. The summed E-state index contributed by atoms with van der Waals surface area (Å²) in [5.74, 6) is -0.686. The van der Waals surface area contributed by atoms with Crippen LogP contribution in [0.4, 0.5) is 0 Å². The number of rotatable bonds is 7. The van der Waals surface area contributed by atoms with Gasteiger partial charge in [0.25, 0.3) is 0 Å². The molecule has 0 aliphatic rings. The maximum atomic E-state index is 11.6. The Morgan fingerprint density at radius 3 is 2.45 bits per heavy atom. The van der Waals surface area contributed by atoms with Gasteiger partial charge in [0.05, 0.1) is 6.61 Å². The minimum Gasteiger partial charge on any atom is -0.494 e. The van der Waals surface area contributed by atoms with Gasteiger partial charge < -0.3 is 15.2 Å². The molecule has 0 spiro atoms. The number of carboxylic acids is 1. The molecule has 0 radical (unpaired) electrons. The molecule has 1 aromatic rings. The van der Waals surface area contributed by atoms with Crippen LogP contribution in [0.15, 0.2) is 30.3 Å². The van der Waals surface area contributed by atoms with E-state index in [1.54, 1.807) is 13.0 Å². The van der Waals surface area contributed by atoms with Crippen molar-refractivity contribution in [3.8, 4) is 5.75 Å². The standard InChI is InChI=1S/C15H19NO4/c1-3-13(15(18)19)16-14(17)10-7-11-5-8-12(9-6-11)20-4-2/h5-10,13H,3-4H2,1-2H3,(H,16,17)(H,18,19)/t13-/m1/s1. The summed E-state index contributed by atoms with van der Waals surface area (Å²) in [6.45, 7) is 4.21. The van der Waals surface area contributed by atoms with Crippen LogP contribution < -0.4 is 10.1 Å². The molecule has 0 aliphatic heterocycles. The second-order valence-corrected chi connectivity index (χ2v) is 4.14. The molecule has 0 bridgehead atoms. The van der Waals surface area contributed by atoms with E-state index >= 15 is 0 Å². The largest absolute Gasteiger partial charge is 0.494 e. The van der Waals surface area contributed by atoms with E-state index in [2.05, 4.69) is 5.32 Å². The Hall–Kier alpha value is -2.30. The molecule has 1 rings (SSSR count). The summed E-state index contributed by atoms with van der Waals surface area (Å²) >= 11 is 0. The summed E-state index contributed by atoms with van der Waals surface area (Å²) in [6, 6.07) is 6.42. The van der Waals surface area contributed by atoms with E-state index in [4.69, 9.17) is 9.84 Å². The molecule has 0 saturated carbocycles. The van der Waals surface area contributed by atoms with Gasteiger partial charge in [0.2, 0.25) is 5.91 Å². The third-order valence-electron chi connectivity index (χ3n) is 2.64. The van der Waals surface area contributed by atoms with Gasteiger partial charge in [-0.2, -0.15) is 0 Å². The number of aliphatic carboxylic acids is 1. The fraction of sp³-hybridized carbons (Fsp3) is 0.333. The molecular weight excluding hydrogens is 258 g/mol. The fourth-order valence-corrected chi connectivity index (χ4v) is 1.57. The predicted molar refractivity (Wildman–Crippen MR) is 76.5 cm³/mol. The number of carbonyl (C=O) groups excluding carboxylic acids is 1. The van der Waals surface area contributed by atoms with Crippen LogP contribution in [-0.4, -0.2) is 29.6 Å². The van der Waals surface area contributed by atoms with Crippen molar-refractivity contribution in [2.24, 2.45) is 0 Å². The van der Waals surface area contributed by atoms with Gasteiger partial charge in [-0.25, -0.2) is 4.79 Å². The van der Waals surface area contributed by atoms with Gasteiger partial charge in [-0.15, -0.1) is 0 Å². The van der Waals surface area contributed by atoms with Crippen molar-refractivity contribution >= 4 is 18.0 Å². The lowest BCUT2D eigenvalue weighted by atomic mass is 10.2. The fourth-order valence-electron chi connectivity index (χ4n) is 1.57. The first kappa shape index (κ1) is 15.8. The highest BCUT2D eigenvalue weighted by Crippen LogP contribution is 2.12. The molecule has 0 heterocycles. The van der Waals surface area contributed by atoms with Crippen LogP contribution in [0.2, 0.25) is 0 Å². The van der Waals surface area contributed by atoms with Gasteiger partial charge in [-0.05, 0) is 37.1 Å². The minimum atomic E-state index is -1.03. The van der Waals surface area contributed by atoms with E-state index in [9.17, 15) is 9.59 Å². The van der Waals surface area contributed by atoms with Crippen molar-refractivity contribution in [3.05, 3.63) is 35.9 Å². The Labute approximate surface area is 118 Å². The van der Waals surface area contributed by atoms with Gasteiger partial charge in [0.1, 0.15) is 11.8 Å². The Bertz CT molecular complexity index is 479. The van der Waals surface area contributed by atoms with E-state index in [0.717, 1.165) is 11.3 Å². The Balaban J connectivity index is 2.58. The van der Waals surface area contributed by atoms with Crippen molar-refractivity contribution < 1.29 is 19.4 Å². The lowest BCUT2D eigenvalue weighted by molar-refractivity contribution is -0.141. The topological polar surface area (TPSA) is 75.6 Å². The van der Waals surface area contributed by atoms with Crippen molar-refractivity contribution in [3.63, 3.8) is 0 Å². The summed E-state index contributed by atoms with van der Waals surface area (Å²) in [5, 5.41) is 11.3. The Morgan fingerprint density at radius 2 is 1.95 bits per heavy atom. The molecule has 1 amide bonds. The summed E-state index contributed by atoms with van der Waals surface area (Å²) in [4.78, 5) is 22.4. The van der Waals surface area contributed by atoms with Crippen LogP contribution in [0, 0.1) is 0 Å². The molecule has 0 aromatic heterocycles. The second kappa shape index (κ2) is 7.99. The number of amides is 1. The first-order valence-corrected chi connectivity index (χ1v) is 6.51. The van der Waals surface area contributed by atoms with Crippen LogP contribution in [0.3, 0.4) is 0 Å². The van der Waals surface area contributed by atoms with E-state index in [1.165, 1.54) is 6.08 Å². The van der Waals surface area contributed by atoms with E-state index in [1.807, 2.05) is 31.2 Å². The zero-order valence-corrected chi connectivity index (χ0v) is 11.6. The molecule has 108 valence electrons. The van der Waals surface area contributed by atoms with Crippen LogP contribution in [0.1, 0.15) is 25.8 Å². The van der Waals surface area contributed by atoms with Gasteiger partial charge in [0, 0.05) is 6.08 Å². The summed E-state index contributed by atoms with van der Waals surface area (Å²) in [7, 11) is 0. The first-order valence-electron chi connectivity index (χ1n) is 6.51. The van der Waals surface area contributed by atoms with E-state index in [-0.39, 0.29) is 0 Å². The van der Waals surface area contributed by atoms with Crippen molar-refractivity contribution in [1.29, 1.82) is 0 Å². The molecule has 2 N–H and O–H groups in total. The van der Waals surface area contributed by atoms with E-state index in [0.29, 0.717) is 13.0 Å². The molecule has 0 saturated heterocycles. The SMILES string of the molecule is CCOc1ccc(C=CC(=O)N[C@H](CC)C(=O)O)cc1. The average molecular weight is 277 g/mol. The molecule has 5 heteroatoms. The van der Waals surface area contributed by atoms with Crippen LogP contribution in [0.5, 0.6) is 5.75 Å². The normalized spacial score (nSPS) is 12.1. The zero-order chi connectivity index (χ0) is 15.0. The van der Waals surface area contributed by atoms with Gasteiger partial charge in [0.15, 0.2) is 0 Å². The predicted octanol–water partition coefficient (Wildman–Crippen LogP) is 2.08. The van der Waals surface area contributed by atoms with Gasteiger partial charge >= 0.3 is 5.97 Å². The highest BCUT2D eigenvalue weighted by molar-refractivity contribution is 5.94. The number of ether oxygens (including phenoxy) is 1. The molecule has 20 heavy (non-hydrogen) atoms. The summed E-state index contributed by atoms with van der Waals surface area (Å²) in [6.07, 6.45) is 3.29. The molecular formula is C15H19NO4. The summed E-state index contributed by atoms with van der Waals surface area (Å²) < 4.78 is 5.31. The maximum Gasteiger partial charge on any atom is 0.326 e. The van der Waals surface area contributed by atoms with Crippen molar-refractivity contribution in [2.75, 3.05) is 6.61 Å². The van der Waals surface area contributed by atoms with Crippen molar-refractivity contribution in [1.82, 2.24) is 5.32 Å². The van der Waals surface area contributed by atoms with Gasteiger partial charge in [-0.3, -0.25) is 4.79 Å². The monoisotopic (exact) mass is 277 g/mol. The van der Waals surface area contributed by atoms with Crippen LogP contribution >= 0.6 is 0 Å². The first-order chi connectivity index (χ1) is 9.56. The highest BCUT2D eigenvalue weighted by Gasteiger charge is 2.15. The smallest absolute Gasteiger partial charge is 0.326 e. The summed E-state index contributed by atoms with van der Waals surface area (Å²) in [5.41, 5.74) is 0.840. The number of carboxylic acid groups (broad SMARTS) is 1. The quantitative estimate of drug-likeness (QED) is 0.748. The highest BCUT2D eigenvalue weighted by atomic mass is 16.5. The number of carbonyl (C=O) groups is 2. The van der Waals surface area contributed by atoms with Crippen LogP contribution in [0.25, 0.3) is 6.08 Å². The number of hydrogen-bond donors (Lipinski definition) is 2. The number of benzene rings is 1. The molecule has 0 unspecified atom stereocenters. The van der Waals surface area contributed by atoms with Gasteiger partial charge in [-0.1, -0.05) is 19.1 Å². The third kappa shape index (κ3) is 5.14. The van der Waals surface area contributed by atoms with Crippen LogP contribution in [-0.2, 0) is 9.59 Å². The third-order valence-corrected chi connectivity index (χ3v) is 2.64. The minimum absolute atomic E-state index is 0.345. The molecule has 5 nitrogen and oxygen atoms in total. The second-order valence-electron chi connectivity index (χ2n) is 4.14. The lowest BCUT2D eigenvalue weighted by Crippen LogP contribution is -2.39. The molecule has 1 atom stereocenters. The maximum absolute atomic E-state index is 11.6. The number of nitrogens with one attached hydrogen (secondary N) is 1.